The minimum Gasteiger partial charge on any atom is -0.395 e. The van der Waals surface area contributed by atoms with E-state index in [-0.39, 0.29) is 6.04 Å². The number of nitrogen functional groups attached to an aromatic ring is 1. The number of para-hydroxylation sites is 1. The fourth-order valence-electron chi connectivity index (χ4n) is 1.37. The van der Waals surface area contributed by atoms with Crippen LogP contribution in [0.4, 0.5) is 14.9 Å². The zero-order chi connectivity index (χ0) is 13.3. The molecule has 4 N–H and O–H groups in total. The Bertz CT molecular complexity index is 584. The third kappa shape index (κ3) is 2.70. The summed E-state index contributed by atoms with van der Waals surface area (Å²) in [6, 6.07) is 2.56. The van der Waals surface area contributed by atoms with Crippen LogP contribution in [0.2, 0.25) is 0 Å². The number of halogens is 1. The quantitative estimate of drug-likeness (QED) is 0.700. The highest BCUT2D eigenvalue weighted by atomic mass is 32.2. The largest absolute Gasteiger partial charge is 0.395 e. The molecular weight excluding hydrogens is 261 g/mol. The van der Waals surface area contributed by atoms with Crippen LogP contribution in [0, 0.1) is 5.82 Å². The Morgan fingerprint density at radius 1 is 1.39 bits per heavy atom. The molecule has 1 aliphatic rings. The van der Waals surface area contributed by atoms with E-state index in [9.17, 15) is 17.6 Å². The Balaban J connectivity index is 2.19. The number of nitrogens with one attached hydrogen (secondary N) is 2. The first-order valence-electron chi connectivity index (χ1n) is 5.27. The molecule has 0 saturated heterocycles. The van der Waals surface area contributed by atoms with Gasteiger partial charge in [-0.15, -0.1) is 0 Å². The van der Waals surface area contributed by atoms with Crippen LogP contribution in [0.3, 0.4) is 0 Å². The van der Waals surface area contributed by atoms with E-state index in [1.165, 1.54) is 6.07 Å². The number of rotatable bonds is 3. The highest BCUT2D eigenvalue weighted by molar-refractivity contribution is 7.90. The van der Waals surface area contributed by atoms with Gasteiger partial charge in [-0.25, -0.2) is 22.3 Å². The molecule has 0 heterocycles. The lowest BCUT2D eigenvalue weighted by Crippen LogP contribution is -2.40. The highest BCUT2D eigenvalue weighted by Crippen LogP contribution is 2.21. The van der Waals surface area contributed by atoms with Crippen LogP contribution < -0.4 is 15.8 Å². The second kappa shape index (κ2) is 4.45. The second-order valence-electron chi connectivity index (χ2n) is 4.00. The van der Waals surface area contributed by atoms with Gasteiger partial charge in [0.2, 0.25) is 0 Å². The van der Waals surface area contributed by atoms with Crippen LogP contribution in [0.1, 0.15) is 12.8 Å². The van der Waals surface area contributed by atoms with Crippen LogP contribution in [0.25, 0.3) is 0 Å². The number of urea groups is 1. The molecule has 6 nitrogen and oxygen atoms in total. The molecule has 1 aromatic rings. The number of sulfonamides is 1. The van der Waals surface area contributed by atoms with Crippen molar-refractivity contribution in [3.63, 3.8) is 0 Å². The predicted molar refractivity (Wildman–Crippen MR) is 62.7 cm³/mol. The van der Waals surface area contributed by atoms with Crippen molar-refractivity contribution in [1.29, 1.82) is 0 Å². The average Bonchev–Trinajstić information content (AvgIpc) is 3.04. The Morgan fingerprint density at radius 2 is 2.06 bits per heavy atom. The number of benzene rings is 1. The zero-order valence-corrected chi connectivity index (χ0v) is 10.1. The maximum Gasteiger partial charge on any atom is 0.328 e. The number of amides is 2. The molecule has 98 valence electrons. The van der Waals surface area contributed by atoms with Crippen LogP contribution in [0.15, 0.2) is 23.1 Å². The summed E-state index contributed by atoms with van der Waals surface area (Å²) in [7, 11) is -4.16. The van der Waals surface area contributed by atoms with Crippen molar-refractivity contribution in [2.45, 2.75) is 23.8 Å². The van der Waals surface area contributed by atoms with Gasteiger partial charge in [0.15, 0.2) is 0 Å². The highest BCUT2D eigenvalue weighted by Gasteiger charge is 2.27. The van der Waals surface area contributed by atoms with Gasteiger partial charge in [-0.05, 0) is 25.0 Å². The van der Waals surface area contributed by atoms with Crippen LogP contribution in [0.5, 0.6) is 0 Å². The first-order valence-corrected chi connectivity index (χ1v) is 6.76. The lowest BCUT2D eigenvalue weighted by atomic mass is 10.3. The summed E-state index contributed by atoms with van der Waals surface area (Å²) >= 11 is 0. The Kier molecular flexibility index (Phi) is 3.12. The zero-order valence-electron chi connectivity index (χ0n) is 9.31. The van der Waals surface area contributed by atoms with Gasteiger partial charge in [-0.3, -0.25) is 0 Å². The maximum atomic E-state index is 13.1. The van der Waals surface area contributed by atoms with E-state index >= 15 is 0 Å². The first kappa shape index (κ1) is 12.6. The molecule has 0 unspecified atom stereocenters. The Labute approximate surface area is 103 Å². The van der Waals surface area contributed by atoms with Crippen molar-refractivity contribution in [3.8, 4) is 0 Å². The number of nitrogens with two attached hydrogens (primary N) is 1. The molecule has 0 atom stereocenters. The van der Waals surface area contributed by atoms with Gasteiger partial charge in [0.25, 0.3) is 10.0 Å². The van der Waals surface area contributed by atoms with Gasteiger partial charge in [0.05, 0.1) is 5.69 Å². The molecule has 2 amide bonds. The molecular formula is C10H12FN3O3S. The standard InChI is InChI=1S/C10H12FN3O3S/c11-7-2-1-3-8(9(7)12)18(16,17)14-10(15)13-6-4-5-6/h1-3,6H,4-5,12H2,(H2,13,14,15). The van der Waals surface area contributed by atoms with Crippen molar-refractivity contribution in [2.24, 2.45) is 0 Å². The topological polar surface area (TPSA) is 101 Å². The third-order valence-electron chi connectivity index (χ3n) is 2.44. The minimum absolute atomic E-state index is 0.0186. The van der Waals surface area contributed by atoms with E-state index in [2.05, 4.69) is 5.32 Å². The van der Waals surface area contributed by atoms with Crippen molar-refractivity contribution in [1.82, 2.24) is 10.0 Å². The van der Waals surface area contributed by atoms with Gasteiger partial charge in [-0.2, -0.15) is 0 Å². The van der Waals surface area contributed by atoms with Gasteiger partial charge >= 0.3 is 6.03 Å². The van der Waals surface area contributed by atoms with Crippen molar-refractivity contribution < 1.29 is 17.6 Å². The normalized spacial score (nSPS) is 15.2. The summed E-state index contributed by atoms with van der Waals surface area (Å²) in [6.45, 7) is 0. The van der Waals surface area contributed by atoms with E-state index in [1.807, 2.05) is 0 Å². The second-order valence-corrected chi connectivity index (χ2v) is 5.66. The fraction of sp³-hybridized carbons (Fsp3) is 0.300. The molecule has 18 heavy (non-hydrogen) atoms. The Morgan fingerprint density at radius 3 is 2.67 bits per heavy atom. The van der Waals surface area contributed by atoms with E-state index in [0.717, 1.165) is 25.0 Å². The number of carbonyl (C=O) groups is 1. The molecule has 1 saturated carbocycles. The summed E-state index contributed by atoms with van der Waals surface area (Å²) in [5.41, 5.74) is 4.82. The molecule has 0 spiro atoms. The monoisotopic (exact) mass is 273 g/mol. The summed E-state index contributed by atoms with van der Waals surface area (Å²) in [4.78, 5) is 10.9. The van der Waals surface area contributed by atoms with Gasteiger partial charge in [0.1, 0.15) is 10.7 Å². The lowest BCUT2D eigenvalue weighted by molar-refractivity contribution is 0.245. The molecule has 1 aliphatic carbocycles. The minimum atomic E-state index is -4.16. The van der Waals surface area contributed by atoms with Crippen molar-refractivity contribution >= 4 is 21.7 Å². The molecule has 1 aromatic carbocycles. The molecule has 2 rings (SSSR count). The van der Waals surface area contributed by atoms with Crippen molar-refractivity contribution in [2.75, 3.05) is 5.73 Å². The summed E-state index contributed by atoms with van der Waals surface area (Å²) in [6.07, 6.45) is 1.66. The molecule has 0 aromatic heterocycles. The summed E-state index contributed by atoms with van der Waals surface area (Å²) in [5, 5.41) is 2.45. The van der Waals surface area contributed by atoms with Gasteiger partial charge < -0.3 is 11.1 Å². The van der Waals surface area contributed by atoms with E-state index < -0.39 is 32.5 Å². The smallest absolute Gasteiger partial charge is 0.328 e. The maximum absolute atomic E-state index is 13.1. The predicted octanol–water partition coefficient (Wildman–Crippen LogP) is 0.558. The fourth-order valence-corrected chi connectivity index (χ4v) is 2.43. The number of hydrogen-bond donors (Lipinski definition) is 3. The van der Waals surface area contributed by atoms with E-state index in [4.69, 9.17) is 5.73 Å². The van der Waals surface area contributed by atoms with E-state index in [0.29, 0.717) is 0 Å². The number of carbonyl (C=O) groups excluding carboxylic acids is 1. The van der Waals surface area contributed by atoms with Crippen LogP contribution >= 0.6 is 0 Å². The molecule has 0 bridgehead atoms. The number of hydrogen-bond acceptors (Lipinski definition) is 4. The van der Waals surface area contributed by atoms with Crippen LogP contribution in [-0.4, -0.2) is 20.5 Å². The lowest BCUT2D eigenvalue weighted by Gasteiger charge is -2.10. The summed E-state index contributed by atoms with van der Waals surface area (Å²) < 4.78 is 38.5. The molecule has 1 fully saturated rings. The SMILES string of the molecule is Nc1c(F)cccc1S(=O)(=O)NC(=O)NC1CC1. The molecule has 0 aliphatic heterocycles. The van der Waals surface area contributed by atoms with Crippen LogP contribution in [-0.2, 0) is 10.0 Å². The molecule has 8 heteroatoms. The van der Waals surface area contributed by atoms with Gasteiger partial charge in [-0.1, -0.05) is 6.07 Å². The summed E-state index contributed by atoms with van der Waals surface area (Å²) in [5.74, 6) is -0.847. The third-order valence-corrected chi connectivity index (χ3v) is 3.83. The number of anilines is 1. The molecule has 0 radical (unpaired) electrons. The average molecular weight is 273 g/mol. The Hall–Kier alpha value is -1.83. The van der Waals surface area contributed by atoms with Crippen molar-refractivity contribution in [3.05, 3.63) is 24.0 Å². The van der Waals surface area contributed by atoms with Gasteiger partial charge in [0, 0.05) is 6.04 Å². The first-order chi connectivity index (χ1) is 8.40. The van der Waals surface area contributed by atoms with E-state index in [1.54, 1.807) is 4.72 Å².